The van der Waals surface area contributed by atoms with Gasteiger partial charge in [0.25, 0.3) is 0 Å². The van der Waals surface area contributed by atoms with Gasteiger partial charge in [0.2, 0.25) is 5.91 Å². The first-order valence-electron chi connectivity index (χ1n) is 4.51. The van der Waals surface area contributed by atoms with Gasteiger partial charge < -0.3 is 21.1 Å². The maximum absolute atomic E-state index is 11.1. The van der Waals surface area contributed by atoms with E-state index in [1.807, 2.05) is 18.5 Å². The first-order valence-corrected chi connectivity index (χ1v) is 4.51. The average Bonchev–Trinajstić information content (AvgIpc) is 2.69. The van der Waals surface area contributed by atoms with Gasteiger partial charge >= 0.3 is 0 Å². The Kier molecular flexibility index (Phi) is 4.15. The molecule has 5 heteroatoms. The predicted octanol–water partition coefficient (Wildman–Crippen LogP) is -1.01. The summed E-state index contributed by atoms with van der Waals surface area (Å²) in [6.07, 6.45) is 3.34. The number of hydrogen-bond acceptors (Lipinski definition) is 3. The van der Waals surface area contributed by atoms with Gasteiger partial charge in [0, 0.05) is 25.5 Å². The summed E-state index contributed by atoms with van der Waals surface area (Å²) in [6.45, 7) is 0.462. The number of aliphatic hydroxyl groups is 1. The molecule has 1 rings (SSSR count). The largest absolute Gasteiger partial charge is 0.382 e. The third kappa shape index (κ3) is 3.20. The van der Waals surface area contributed by atoms with Crippen molar-refractivity contribution in [3.63, 3.8) is 0 Å². The van der Waals surface area contributed by atoms with E-state index in [1.54, 1.807) is 0 Å². The zero-order chi connectivity index (χ0) is 10.4. The molecule has 0 aromatic carbocycles. The summed E-state index contributed by atoms with van der Waals surface area (Å²) in [6, 6.07) is 1.94. The highest BCUT2D eigenvalue weighted by Gasteiger charge is 2.11. The van der Waals surface area contributed by atoms with Crippen LogP contribution in [0.5, 0.6) is 0 Å². The molecule has 1 heterocycles. The lowest BCUT2D eigenvalue weighted by molar-refractivity contribution is -0.128. The third-order valence-electron chi connectivity index (χ3n) is 1.90. The summed E-state index contributed by atoms with van der Waals surface area (Å²) in [5, 5.41) is 11.6. The second-order valence-electron chi connectivity index (χ2n) is 3.01. The Labute approximate surface area is 82.3 Å². The van der Waals surface area contributed by atoms with Crippen LogP contribution in [0.1, 0.15) is 5.56 Å². The summed E-state index contributed by atoms with van der Waals surface area (Å²) in [7, 11) is 0. The summed E-state index contributed by atoms with van der Waals surface area (Å²) in [5.41, 5.74) is 6.24. The van der Waals surface area contributed by atoms with Gasteiger partial charge in [0.1, 0.15) is 6.10 Å². The Bertz CT molecular complexity index is 272. The monoisotopic (exact) mass is 197 g/mol. The quantitative estimate of drug-likeness (QED) is 0.487. The van der Waals surface area contributed by atoms with Crippen molar-refractivity contribution in [1.82, 2.24) is 10.3 Å². The maximum Gasteiger partial charge on any atom is 0.250 e. The number of H-pyrrole nitrogens is 1. The van der Waals surface area contributed by atoms with Gasteiger partial charge in [-0.05, 0) is 18.1 Å². The van der Waals surface area contributed by atoms with Crippen molar-refractivity contribution >= 4 is 5.91 Å². The van der Waals surface area contributed by atoms with Crippen LogP contribution in [0.3, 0.4) is 0 Å². The molecular formula is C9H15N3O2. The predicted molar refractivity (Wildman–Crippen MR) is 52.6 cm³/mol. The molecule has 1 aromatic heterocycles. The number of nitrogens with two attached hydrogens (primary N) is 1. The van der Waals surface area contributed by atoms with Crippen LogP contribution in [0.25, 0.3) is 0 Å². The van der Waals surface area contributed by atoms with Crippen LogP contribution in [0.2, 0.25) is 0 Å². The molecule has 0 bridgehead atoms. The molecule has 14 heavy (non-hydrogen) atoms. The normalized spacial score (nSPS) is 12.4. The van der Waals surface area contributed by atoms with Gasteiger partial charge in [0.15, 0.2) is 0 Å². The molecule has 1 atom stereocenters. The zero-order valence-electron chi connectivity index (χ0n) is 7.86. The Morgan fingerprint density at radius 2 is 2.50 bits per heavy atom. The van der Waals surface area contributed by atoms with E-state index in [9.17, 15) is 4.79 Å². The molecule has 0 fully saturated rings. The van der Waals surface area contributed by atoms with Gasteiger partial charge in [-0.25, -0.2) is 0 Å². The fourth-order valence-electron chi connectivity index (χ4n) is 1.07. The number of rotatable bonds is 5. The number of aliphatic hydroxyl groups excluding tert-OH is 1. The minimum atomic E-state index is -1.10. The van der Waals surface area contributed by atoms with Crippen LogP contribution in [0, 0.1) is 0 Å². The number of nitrogens with one attached hydrogen (secondary N) is 2. The SMILES string of the molecule is NCC(O)C(=O)NCCc1cc[nH]c1. The number of carbonyl (C=O) groups is 1. The molecule has 1 amide bonds. The van der Waals surface area contributed by atoms with E-state index in [0.29, 0.717) is 6.54 Å². The summed E-state index contributed by atoms with van der Waals surface area (Å²) in [5.74, 6) is -0.414. The number of hydrogen-bond donors (Lipinski definition) is 4. The Morgan fingerprint density at radius 3 is 3.07 bits per heavy atom. The van der Waals surface area contributed by atoms with Crippen LogP contribution in [-0.2, 0) is 11.2 Å². The van der Waals surface area contributed by atoms with Gasteiger partial charge in [-0.3, -0.25) is 4.79 Å². The van der Waals surface area contributed by atoms with E-state index < -0.39 is 12.0 Å². The van der Waals surface area contributed by atoms with Crippen LogP contribution >= 0.6 is 0 Å². The number of aromatic amines is 1. The van der Waals surface area contributed by atoms with Gasteiger partial charge in [-0.1, -0.05) is 0 Å². The fourth-order valence-corrected chi connectivity index (χ4v) is 1.07. The lowest BCUT2D eigenvalue weighted by Gasteiger charge is -2.08. The molecule has 0 aliphatic carbocycles. The molecule has 5 N–H and O–H groups in total. The highest BCUT2D eigenvalue weighted by atomic mass is 16.3. The molecule has 0 radical (unpaired) electrons. The van der Waals surface area contributed by atoms with Crippen molar-refractivity contribution in [2.75, 3.05) is 13.1 Å². The maximum atomic E-state index is 11.1. The highest BCUT2D eigenvalue weighted by molar-refractivity contribution is 5.80. The smallest absolute Gasteiger partial charge is 0.250 e. The Morgan fingerprint density at radius 1 is 1.71 bits per heavy atom. The van der Waals surface area contributed by atoms with Crippen LogP contribution < -0.4 is 11.1 Å². The van der Waals surface area contributed by atoms with E-state index in [0.717, 1.165) is 12.0 Å². The molecule has 1 aromatic rings. The van der Waals surface area contributed by atoms with Crippen LogP contribution in [0.4, 0.5) is 0 Å². The number of carbonyl (C=O) groups excluding carboxylic acids is 1. The second kappa shape index (κ2) is 5.41. The summed E-state index contributed by atoms with van der Waals surface area (Å²) >= 11 is 0. The molecule has 0 spiro atoms. The Hall–Kier alpha value is -1.33. The average molecular weight is 197 g/mol. The van der Waals surface area contributed by atoms with Crippen LogP contribution in [-0.4, -0.2) is 35.2 Å². The molecule has 0 saturated carbocycles. The van der Waals surface area contributed by atoms with E-state index >= 15 is 0 Å². The summed E-state index contributed by atoms with van der Waals surface area (Å²) < 4.78 is 0. The van der Waals surface area contributed by atoms with E-state index in [2.05, 4.69) is 10.3 Å². The first-order chi connectivity index (χ1) is 6.74. The zero-order valence-corrected chi connectivity index (χ0v) is 7.86. The number of aromatic nitrogens is 1. The van der Waals surface area contributed by atoms with Crippen LogP contribution in [0.15, 0.2) is 18.5 Å². The standard InChI is InChI=1S/C9H15N3O2/c10-5-8(13)9(14)12-4-2-7-1-3-11-6-7/h1,3,6,8,11,13H,2,4-5,10H2,(H,12,14). The highest BCUT2D eigenvalue weighted by Crippen LogP contribution is 1.95. The van der Waals surface area contributed by atoms with E-state index in [4.69, 9.17) is 10.8 Å². The molecule has 1 unspecified atom stereocenters. The summed E-state index contributed by atoms with van der Waals surface area (Å²) in [4.78, 5) is 14.0. The molecule has 0 aliphatic rings. The van der Waals surface area contributed by atoms with Crippen molar-refractivity contribution < 1.29 is 9.90 Å². The fraction of sp³-hybridized carbons (Fsp3) is 0.444. The van der Waals surface area contributed by atoms with E-state index in [1.165, 1.54) is 0 Å². The van der Waals surface area contributed by atoms with Crippen molar-refractivity contribution in [3.05, 3.63) is 24.0 Å². The number of amides is 1. The van der Waals surface area contributed by atoms with Crippen molar-refractivity contribution in [3.8, 4) is 0 Å². The minimum Gasteiger partial charge on any atom is -0.382 e. The van der Waals surface area contributed by atoms with Crippen molar-refractivity contribution in [2.24, 2.45) is 5.73 Å². The lowest BCUT2D eigenvalue weighted by Crippen LogP contribution is -2.39. The lowest BCUT2D eigenvalue weighted by atomic mass is 10.2. The van der Waals surface area contributed by atoms with Gasteiger partial charge in [-0.15, -0.1) is 0 Å². The third-order valence-corrected chi connectivity index (χ3v) is 1.90. The molecule has 78 valence electrons. The van der Waals surface area contributed by atoms with E-state index in [-0.39, 0.29) is 6.54 Å². The Balaban J connectivity index is 2.18. The molecule has 0 aliphatic heterocycles. The van der Waals surface area contributed by atoms with Gasteiger partial charge in [0.05, 0.1) is 0 Å². The molecule has 0 saturated heterocycles. The molecular weight excluding hydrogens is 182 g/mol. The van der Waals surface area contributed by atoms with Crippen molar-refractivity contribution in [1.29, 1.82) is 0 Å². The topological polar surface area (TPSA) is 91.1 Å². The minimum absolute atomic E-state index is 0.0456. The molecule has 5 nitrogen and oxygen atoms in total. The second-order valence-corrected chi connectivity index (χ2v) is 3.01. The van der Waals surface area contributed by atoms with Gasteiger partial charge in [-0.2, -0.15) is 0 Å². The van der Waals surface area contributed by atoms with Crippen molar-refractivity contribution in [2.45, 2.75) is 12.5 Å². The first kappa shape index (κ1) is 10.7.